The Morgan fingerprint density at radius 2 is 1.96 bits per heavy atom. The van der Waals surface area contributed by atoms with Crippen molar-refractivity contribution in [2.24, 2.45) is 0 Å². The van der Waals surface area contributed by atoms with Crippen molar-refractivity contribution in [1.82, 2.24) is 0 Å². The Hall–Kier alpha value is -2.75. The Bertz CT molecular complexity index is 859. The lowest BCUT2D eigenvalue weighted by atomic mass is 10.2. The van der Waals surface area contributed by atoms with Crippen LogP contribution in [0.3, 0.4) is 0 Å². The van der Waals surface area contributed by atoms with Crippen LogP contribution in [0, 0.1) is 10.1 Å². The number of hydrogen-bond acceptors (Lipinski definition) is 5. The van der Waals surface area contributed by atoms with Crippen molar-refractivity contribution in [3.8, 4) is 5.75 Å². The van der Waals surface area contributed by atoms with Gasteiger partial charge in [-0.15, -0.1) is 11.8 Å². The molecule has 10 heteroatoms. The summed E-state index contributed by atoms with van der Waals surface area (Å²) in [4.78, 5) is 22.3. The van der Waals surface area contributed by atoms with Gasteiger partial charge in [0.2, 0.25) is 5.91 Å². The van der Waals surface area contributed by atoms with E-state index >= 15 is 0 Å². The lowest BCUT2D eigenvalue weighted by Gasteiger charge is -2.12. The molecule has 0 radical (unpaired) electrons. The number of carbonyl (C=O) groups excluding carboxylic acids is 1. The lowest BCUT2D eigenvalue weighted by molar-refractivity contribution is -0.388. The van der Waals surface area contributed by atoms with Gasteiger partial charge in [-0.2, -0.15) is 13.2 Å². The molecule has 0 bridgehead atoms. The Morgan fingerprint density at radius 3 is 2.61 bits per heavy atom. The van der Waals surface area contributed by atoms with Crippen molar-refractivity contribution >= 4 is 29.0 Å². The highest BCUT2D eigenvalue weighted by atomic mass is 32.2. The van der Waals surface area contributed by atoms with Crippen LogP contribution in [0.2, 0.25) is 0 Å². The summed E-state index contributed by atoms with van der Waals surface area (Å²) in [5.41, 5.74) is -1.36. The normalized spacial score (nSPS) is 11.1. The maximum Gasteiger partial charge on any atom is 0.416 e. The second-order valence-corrected chi connectivity index (χ2v) is 6.64. The predicted octanol–water partition coefficient (Wildman–Crippen LogP) is 5.13. The zero-order valence-electron chi connectivity index (χ0n) is 14.8. The SMILES string of the molecule is CCCOc1ccccc1NC(=O)CSc1ccc(C(F)(F)F)cc1[N+](=O)[O-]. The molecular formula is C18H17F3N2O4S. The summed E-state index contributed by atoms with van der Waals surface area (Å²) in [6.45, 7) is 2.41. The number of anilines is 1. The van der Waals surface area contributed by atoms with Crippen LogP contribution < -0.4 is 10.1 Å². The molecule has 0 unspecified atom stereocenters. The first-order chi connectivity index (χ1) is 13.2. The molecule has 1 amide bonds. The van der Waals surface area contributed by atoms with E-state index in [-0.39, 0.29) is 10.6 Å². The van der Waals surface area contributed by atoms with E-state index in [9.17, 15) is 28.1 Å². The molecule has 0 aliphatic carbocycles. The van der Waals surface area contributed by atoms with Crippen LogP contribution in [0.15, 0.2) is 47.4 Å². The summed E-state index contributed by atoms with van der Waals surface area (Å²) in [5.74, 6) is -0.191. The fourth-order valence-corrected chi connectivity index (χ4v) is 3.00. The van der Waals surface area contributed by atoms with Crippen LogP contribution in [0.4, 0.5) is 24.5 Å². The first kappa shape index (κ1) is 21.5. The van der Waals surface area contributed by atoms with Crippen LogP contribution in [0.1, 0.15) is 18.9 Å². The Balaban J connectivity index is 2.08. The minimum absolute atomic E-state index is 0.0244. The van der Waals surface area contributed by atoms with Gasteiger partial charge in [-0.3, -0.25) is 14.9 Å². The molecule has 2 aromatic rings. The summed E-state index contributed by atoms with van der Waals surface area (Å²) in [6, 6.07) is 9.02. The molecule has 2 aromatic carbocycles. The second-order valence-electron chi connectivity index (χ2n) is 5.62. The molecule has 0 aromatic heterocycles. The number of ether oxygens (including phenoxy) is 1. The monoisotopic (exact) mass is 414 g/mol. The van der Waals surface area contributed by atoms with E-state index in [0.29, 0.717) is 24.1 Å². The van der Waals surface area contributed by atoms with Crippen molar-refractivity contribution in [3.05, 3.63) is 58.1 Å². The average Bonchev–Trinajstić information content (AvgIpc) is 2.64. The number of para-hydroxylation sites is 2. The Kier molecular flexibility index (Phi) is 7.27. The maximum absolute atomic E-state index is 12.7. The minimum Gasteiger partial charge on any atom is -0.491 e. The summed E-state index contributed by atoms with van der Waals surface area (Å²) in [7, 11) is 0. The van der Waals surface area contributed by atoms with Gasteiger partial charge in [0, 0.05) is 6.07 Å². The van der Waals surface area contributed by atoms with E-state index < -0.39 is 28.3 Å². The number of hydrogen-bond donors (Lipinski definition) is 1. The van der Waals surface area contributed by atoms with Gasteiger partial charge < -0.3 is 10.1 Å². The van der Waals surface area contributed by atoms with Crippen molar-refractivity contribution in [3.63, 3.8) is 0 Å². The summed E-state index contributed by atoms with van der Waals surface area (Å²) in [5, 5.41) is 13.7. The van der Waals surface area contributed by atoms with Crippen LogP contribution in [0.5, 0.6) is 5.75 Å². The molecule has 0 atom stereocenters. The zero-order chi connectivity index (χ0) is 20.7. The number of nitro benzene ring substituents is 1. The summed E-state index contributed by atoms with van der Waals surface area (Å²) < 4.78 is 43.7. The van der Waals surface area contributed by atoms with Gasteiger partial charge in [0.1, 0.15) is 5.75 Å². The van der Waals surface area contributed by atoms with Gasteiger partial charge in [-0.05, 0) is 30.7 Å². The van der Waals surface area contributed by atoms with Crippen LogP contribution in [-0.2, 0) is 11.0 Å². The molecule has 0 saturated heterocycles. The highest BCUT2D eigenvalue weighted by molar-refractivity contribution is 8.00. The number of benzene rings is 2. The summed E-state index contributed by atoms with van der Waals surface area (Å²) in [6.07, 6.45) is -3.90. The third-order valence-corrected chi connectivity index (χ3v) is 4.53. The van der Waals surface area contributed by atoms with Crippen LogP contribution in [-0.4, -0.2) is 23.2 Å². The van der Waals surface area contributed by atoms with E-state index in [1.165, 1.54) is 0 Å². The number of rotatable bonds is 8. The van der Waals surface area contributed by atoms with Crippen molar-refractivity contribution in [1.29, 1.82) is 0 Å². The second kappa shape index (κ2) is 9.45. The topological polar surface area (TPSA) is 81.5 Å². The molecule has 150 valence electrons. The number of alkyl halides is 3. The molecule has 0 spiro atoms. The molecule has 2 rings (SSSR count). The van der Waals surface area contributed by atoms with Crippen LogP contribution in [0.25, 0.3) is 0 Å². The highest BCUT2D eigenvalue weighted by Crippen LogP contribution is 2.36. The van der Waals surface area contributed by atoms with Gasteiger partial charge in [0.25, 0.3) is 5.69 Å². The molecule has 0 aliphatic heterocycles. The molecule has 0 aliphatic rings. The predicted molar refractivity (Wildman–Crippen MR) is 99.7 cm³/mol. The average molecular weight is 414 g/mol. The standard InChI is InChI=1S/C18H17F3N2O4S/c1-2-9-27-15-6-4-3-5-13(15)22-17(24)11-28-16-8-7-12(18(19,20)21)10-14(16)23(25)26/h3-8,10H,2,9,11H2,1H3,(H,22,24). The van der Waals surface area contributed by atoms with E-state index in [2.05, 4.69) is 5.32 Å². The number of nitrogens with one attached hydrogen (secondary N) is 1. The fourth-order valence-electron chi connectivity index (χ4n) is 2.20. The minimum atomic E-state index is -4.69. The van der Waals surface area contributed by atoms with Gasteiger partial charge in [0.05, 0.1) is 33.4 Å². The van der Waals surface area contributed by atoms with Gasteiger partial charge in [-0.1, -0.05) is 19.1 Å². The smallest absolute Gasteiger partial charge is 0.416 e. The quantitative estimate of drug-likeness (QED) is 0.368. The molecule has 1 N–H and O–H groups in total. The number of carbonyl (C=O) groups is 1. The van der Waals surface area contributed by atoms with Gasteiger partial charge >= 0.3 is 6.18 Å². The number of halogens is 3. The molecule has 0 fully saturated rings. The highest BCUT2D eigenvalue weighted by Gasteiger charge is 2.33. The number of nitrogens with zero attached hydrogens (tertiary/aromatic N) is 1. The van der Waals surface area contributed by atoms with E-state index in [4.69, 9.17) is 4.74 Å². The molecular weight excluding hydrogens is 397 g/mol. The first-order valence-electron chi connectivity index (χ1n) is 8.22. The maximum atomic E-state index is 12.7. The van der Waals surface area contributed by atoms with Crippen molar-refractivity contribution in [2.75, 3.05) is 17.7 Å². The molecule has 28 heavy (non-hydrogen) atoms. The van der Waals surface area contributed by atoms with Gasteiger partial charge in [0.15, 0.2) is 0 Å². The van der Waals surface area contributed by atoms with E-state index in [0.717, 1.165) is 30.3 Å². The third-order valence-electron chi connectivity index (χ3n) is 3.46. The lowest BCUT2D eigenvalue weighted by Crippen LogP contribution is -2.15. The van der Waals surface area contributed by atoms with Gasteiger partial charge in [-0.25, -0.2) is 0 Å². The van der Waals surface area contributed by atoms with Crippen molar-refractivity contribution in [2.45, 2.75) is 24.4 Å². The molecule has 6 nitrogen and oxygen atoms in total. The number of amides is 1. The Labute approximate surface area is 163 Å². The molecule has 0 heterocycles. The van der Waals surface area contributed by atoms with E-state index in [1.54, 1.807) is 24.3 Å². The zero-order valence-corrected chi connectivity index (χ0v) is 15.6. The first-order valence-corrected chi connectivity index (χ1v) is 9.21. The Morgan fingerprint density at radius 1 is 1.25 bits per heavy atom. The number of nitro groups is 1. The number of thioether (sulfide) groups is 1. The largest absolute Gasteiger partial charge is 0.491 e. The fraction of sp³-hybridized carbons (Fsp3) is 0.278. The van der Waals surface area contributed by atoms with Crippen LogP contribution >= 0.6 is 11.8 Å². The summed E-state index contributed by atoms with van der Waals surface area (Å²) >= 11 is 0.784. The molecule has 0 saturated carbocycles. The third kappa shape index (κ3) is 5.88. The van der Waals surface area contributed by atoms with E-state index in [1.807, 2.05) is 6.92 Å². The van der Waals surface area contributed by atoms with Crippen molar-refractivity contribution < 1.29 is 27.6 Å².